The molecule has 0 fully saturated rings. The molecule has 0 nitrogen and oxygen atoms in total. The zero-order valence-corrected chi connectivity index (χ0v) is 34.6. The molecule has 0 aliphatic heterocycles. The van der Waals surface area contributed by atoms with Crippen LogP contribution in [0.3, 0.4) is 0 Å². The molecule has 8 rings (SSSR count). The van der Waals surface area contributed by atoms with Crippen LogP contribution in [0.15, 0.2) is 202 Å². The smallest absolute Gasteiger partial charge is 0.0234 e. The molecule has 4 atom stereocenters. The van der Waals surface area contributed by atoms with Crippen molar-refractivity contribution in [3.63, 3.8) is 0 Å². The van der Waals surface area contributed by atoms with Crippen LogP contribution in [-0.4, -0.2) is 0 Å². The van der Waals surface area contributed by atoms with E-state index < -0.39 is 0 Å². The minimum atomic E-state index is 0.128. The van der Waals surface area contributed by atoms with Crippen LogP contribution in [0, 0.1) is 35.0 Å². The van der Waals surface area contributed by atoms with Gasteiger partial charge in [0.1, 0.15) is 0 Å². The molecule has 0 heteroatoms. The van der Waals surface area contributed by atoms with Crippen molar-refractivity contribution in [2.45, 2.75) is 85.5 Å². The quantitative estimate of drug-likeness (QED) is 0.122. The molecule has 0 amide bonds. The van der Waals surface area contributed by atoms with Crippen molar-refractivity contribution in [1.82, 2.24) is 0 Å². The fourth-order valence-corrected chi connectivity index (χ4v) is 10.0. The Morgan fingerprint density at radius 2 is 1.70 bits per heavy atom. The Bertz CT molecular complexity index is 2360. The van der Waals surface area contributed by atoms with Gasteiger partial charge in [-0.2, -0.15) is 0 Å². The molecule has 2 aromatic rings. The Kier molecular flexibility index (Phi) is 11.5. The average Bonchev–Trinajstić information content (AvgIpc) is 3.73. The van der Waals surface area contributed by atoms with Crippen molar-refractivity contribution in [2.75, 3.05) is 0 Å². The van der Waals surface area contributed by atoms with E-state index in [1.807, 2.05) is 6.92 Å². The number of hydrogen-bond acceptors (Lipinski definition) is 0. The lowest BCUT2D eigenvalue weighted by atomic mass is 9.77. The van der Waals surface area contributed by atoms with Crippen LogP contribution < -0.4 is 0 Å². The van der Waals surface area contributed by atoms with Crippen LogP contribution in [0.2, 0.25) is 0 Å². The molecule has 2 aromatic carbocycles. The van der Waals surface area contributed by atoms with Gasteiger partial charge in [-0.3, -0.25) is 0 Å². The first-order valence-corrected chi connectivity index (χ1v) is 21.5. The zero-order valence-electron chi connectivity index (χ0n) is 34.6. The van der Waals surface area contributed by atoms with E-state index >= 15 is 0 Å². The van der Waals surface area contributed by atoms with Crippen molar-refractivity contribution in [3.8, 4) is 11.8 Å². The Morgan fingerprint density at radius 1 is 0.895 bits per heavy atom. The van der Waals surface area contributed by atoms with Gasteiger partial charge >= 0.3 is 0 Å². The van der Waals surface area contributed by atoms with Gasteiger partial charge in [0.05, 0.1) is 0 Å². The van der Waals surface area contributed by atoms with Crippen LogP contribution in [-0.2, 0) is 0 Å². The van der Waals surface area contributed by atoms with E-state index in [9.17, 15) is 0 Å². The summed E-state index contributed by atoms with van der Waals surface area (Å²) in [6.07, 6.45) is 42.1. The minimum Gasteiger partial charge on any atom is -0.102 e. The molecule has 6 aliphatic carbocycles. The van der Waals surface area contributed by atoms with E-state index in [0.29, 0.717) is 5.92 Å². The van der Waals surface area contributed by atoms with Crippen LogP contribution >= 0.6 is 0 Å². The van der Waals surface area contributed by atoms with E-state index in [-0.39, 0.29) is 17.3 Å². The maximum absolute atomic E-state index is 4.41. The van der Waals surface area contributed by atoms with Crippen molar-refractivity contribution in [3.05, 3.63) is 213 Å². The predicted molar refractivity (Wildman–Crippen MR) is 245 cm³/mol. The fraction of sp³-hybridized carbons (Fsp3) is 0.298. The third-order valence-electron chi connectivity index (χ3n) is 13.1. The molecule has 0 saturated carbocycles. The molecule has 4 unspecified atom stereocenters. The maximum Gasteiger partial charge on any atom is 0.0234 e. The van der Waals surface area contributed by atoms with E-state index in [2.05, 4.69) is 179 Å². The standard InChI is InChI=1S/C57H58/c1-6-20-41(7-2)51-37-52(39-53(38-51)44-23-14-10-15-24-44)42(8-3)34-50(43-21-12-9-13-22-43)33-40(4)46-27-18-28-47(35-46)48-29-19-30-49(36-48)55-56-54(31-32-57(55,56)5)45-25-16-11-17-26-45/h7-10,12-15,18,21-25,27,29,31,33-36,38-39,42,47,52H,3,11,16-17,19,26,28,30,32,37H2,1-2,4-5H3. The van der Waals surface area contributed by atoms with Gasteiger partial charge in [-0.1, -0.05) is 152 Å². The van der Waals surface area contributed by atoms with Crippen LogP contribution in [0.5, 0.6) is 0 Å². The third-order valence-corrected chi connectivity index (χ3v) is 13.1. The second kappa shape index (κ2) is 17.0. The van der Waals surface area contributed by atoms with E-state index in [0.717, 1.165) is 24.8 Å². The predicted octanol–water partition coefficient (Wildman–Crippen LogP) is 15.1. The number of fused-ring (bicyclic) bond motifs is 1. The zero-order chi connectivity index (χ0) is 39.4. The summed E-state index contributed by atoms with van der Waals surface area (Å²) in [6.45, 7) is 13.2. The highest BCUT2D eigenvalue weighted by Crippen LogP contribution is 2.67. The number of benzene rings is 2. The molecular formula is C57H58. The van der Waals surface area contributed by atoms with E-state index in [1.54, 1.807) is 27.9 Å². The van der Waals surface area contributed by atoms with Gasteiger partial charge in [-0.05, 0) is 157 Å². The number of allylic oxidation sites excluding steroid dienone is 25. The van der Waals surface area contributed by atoms with Crippen molar-refractivity contribution >= 4 is 11.1 Å². The van der Waals surface area contributed by atoms with Gasteiger partial charge in [0.2, 0.25) is 0 Å². The summed E-state index contributed by atoms with van der Waals surface area (Å²) in [5.41, 5.74) is 19.9. The molecule has 286 valence electrons. The van der Waals surface area contributed by atoms with Crippen molar-refractivity contribution in [2.24, 2.45) is 23.2 Å². The lowest BCUT2D eigenvalue weighted by molar-refractivity contribution is 0.553. The second-order valence-electron chi connectivity index (χ2n) is 16.9. The lowest BCUT2D eigenvalue weighted by Crippen LogP contribution is -2.14. The summed E-state index contributed by atoms with van der Waals surface area (Å²) in [6, 6.07) is 21.6. The lowest BCUT2D eigenvalue weighted by Gasteiger charge is -2.27. The van der Waals surface area contributed by atoms with Crippen LogP contribution in [0.4, 0.5) is 0 Å². The largest absolute Gasteiger partial charge is 0.102 e. The highest BCUT2D eigenvalue weighted by atomic mass is 14.6. The average molecular weight is 743 g/mol. The van der Waals surface area contributed by atoms with Gasteiger partial charge in [0, 0.05) is 22.8 Å². The Balaban J connectivity index is 1.09. The van der Waals surface area contributed by atoms with Crippen molar-refractivity contribution < 1.29 is 0 Å². The number of hydrogen-bond donors (Lipinski definition) is 0. The normalized spacial score (nSPS) is 25.4. The molecule has 0 radical (unpaired) electrons. The molecule has 0 aromatic heterocycles. The highest BCUT2D eigenvalue weighted by Gasteiger charge is 2.54. The van der Waals surface area contributed by atoms with E-state index in [1.165, 1.54) is 83.1 Å². The monoisotopic (exact) mass is 742 g/mol. The summed E-state index contributed by atoms with van der Waals surface area (Å²) in [5.74, 6) is 7.29. The molecule has 6 aliphatic rings. The molecular weight excluding hydrogens is 685 g/mol. The topological polar surface area (TPSA) is 0 Å². The van der Waals surface area contributed by atoms with Gasteiger partial charge in [0.15, 0.2) is 0 Å². The molecule has 57 heavy (non-hydrogen) atoms. The summed E-state index contributed by atoms with van der Waals surface area (Å²) >= 11 is 0. The summed E-state index contributed by atoms with van der Waals surface area (Å²) in [4.78, 5) is 0. The minimum absolute atomic E-state index is 0.128. The van der Waals surface area contributed by atoms with Gasteiger partial charge in [-0.15, -0.1) is 12.5 Å². The molecule has 0 bridgehead atoms. The van der Waals surface area contributed by atoms with Crippen molar-refractivity contribution in [1.29, 1.82) is 0 Å². The highest BCUT2D eigenvalue weighted by molar-refractivity contribution is 5.80. The Hall–Kier alpha value is -5.38. The molecule has 0 saturated heterocycles. The summed E-state index contributed by atoms with van der Waals surface area (Å²) in [7, 11) is 0. The molecule has 0 N–H and O–H groups in total. The first-order chi connectivity index (χ1) is 27.9. The third kappa shape index (κ3) is 8.09. The van der Waals surface area contributed by atoms with Crippen LogP contribution in [0.1, 0.15) is 96.6 Å². The molecule has 0 spiro atoms. The Labute approximate surface area is 343 Å². The fourth-order valence-electron chi connectivity index (χ4n) is 10.0. The maximum atomic E-state index is 4.41. The van der Waals surface area contributed by atoms with Gasteiger partial charge in [-0.25, -0.2) is 0 Å². The second-order valence-corrected chi connectivity index (χ2v) is 16.9. The summed E-state index contributed by atoms with van der Waals surface area (Å²) < 4.78 is 0. The van der Waals surface area contributed by atoms with Gasteiger partial charge in [0.25, 0.3) is 0 Å². The first kappa shape index (κ1) is 38.5. The van der Waals surface area contributed by atoms with Gasteiger partial charge < -0.3 is 0 Å². The molecule has 0 heterocycles. The van der Waals surface area contributed by atoms with Crippen LogP contribution in [0.25, 0.3) is 11.1 Å². The number of rotatable bonds is 11. The first-order valence-electron chi connectivity index (χ1n) is 21.5. The summed E-state index contributed by atoms with van der Waals surface area (Å²) in [5, 5.41) is 0. The SMILES string of the molecule is C=CC(C=C(C=C(C)C1=CC(C2=CCCC(C3=C4C(C5=CCCCC5)=CCC34C)=C2)CC=C1)c1ccccc1)C1C=C(c2ccccc2)C=C(C(C#CC)=CC)C1. The van der Waals surface area contributed by atoms with E-state index in [4.69, 9.17) is 0 Å². The Morgan fingerprint density at radius 3 is 2.44 bits per heavy atom.